The van der Waals surface area contributed by atoms with E-state index in [0.29, 0.717) is 46.6 Å². The van der Waals surface area contributed by atoms with Crippen LogP contribution in [0, 0.1) is 0 Å². The summed E-state index contributed by atoms with van der Waals surface area (Å²) in [6.45, 7) is -0.867. The van der Waals surface area contributed by atoms with Crippen molar-refractivity contribution in [3.63, 3.8) is 0 Å². The molecule has 0 aliphatic rings. The molecule has 3 aromatic carbocycles. The summed E-state index contributed by atoms with van der Waals surface area (Å²) in [5.41, 5.74) is 2.56. The fraction of sp³-hybridized carbons (Fsp3) is 0.192. The molecular weight excluding hydrogens is 440 g/mol. The third-order valence-corrected chi connectivity index (χ3v) is 5.30. The quantitative estimate of drug-likeness (QED) is 0.241. The van der Waals surface area contributed by atoms with Crippen LogP contribution in [0.25, 0.3) is 22.4 Å². The molecule has 6 nitrogen and oxygen atoms in total. The molecule has 0 fully saturated rings. The van der Waals surface area contributed by atoms with E-state index in [-0.39, 0.29) is 23.9 Å². The van der Waals surface area contributed by atoms with E-state index in [9.17, 15) is 18.4 Å². The van der Waals surface area contributed by atoms with Crippen LogP contribution in [0.1, 0.15) is 36.7 Å². The Hall–Kier alpha value is -4.07. The Kier molecular flexibility index (Phi) is 6.96. The first kappa shape index (κ1) is 23.1. The number of fused-ring (bicyclic) bond motifs is 1. The summed E-state index contributed by atoms with van der Waals surface area (Å²) in [5, 5.41) is 2.80. The number of ketones is 1. The van der Waals surface area contributed by atoms with E-state index in [1.165, 1.54) is 6.92 Å². The van der Waals surface area contributed by atoms with Crippen LogP contribution in [0.4, 0.5) is 14.5 Å². The van der Waals surface area contributed by atoms with E-state index < -0.39 is 6.55 Å². The number of carbonyl (C=O) groups is 2. The van der Waals surface area contributed by atoms with Crippen LogP contribution in [-0.4, -0.2) is 27.8 Å². The van der Waals surface area contributed by atoms with Crippen LogP contribution in [0.3, 0.4) is 0 Å². The smallest absolute Gasteiger partial charge is 0.320 e. The molecule has 0 unspecified atom stereocenters. The minimum Gasteiger partial charge on any atom is -0.494 e. The fourth-order valence-electron chi connectivity index (χ4n) is 3.58. The average Bonchev–Trinajstić information content (AvgIpc) is 3.22. The van der Waals surface area contributed by atoms with Gasteiger partial charge in [-0.3, -0.25) is 14.2 Å². The Morgan fingerprint density at radius 2 is 1.71 bits per heavy atom. The molecule has 0 bridgehead atoms. The number of imidazole rings is 1. The zero-order valence-electron chi connectivity index (χ0n) is 18.5. The zero-order chi connectivity index (χ0) is 24.1. The van der Waals surface area contributed by atoms with Crippen molar-refractivity contribution in [2.45, 2.75) is 26.3 Å². The van der Waals surface area contributed by atoms with Crippen molar-refractivity contribution in [1.29, 1.82) is 0 Å². The second kappa shape index (κ2) is 10.2. The number of anilines is 1. The number of rotatable bonds is 9. The molecular formula is C26H23F2N3O3. The van der Waals surface area contributed by atoms with Gasteiger partial charge in [0, 0.05) is 23.2 Å². The highest BCUT2D eigenvalue weighted by Crippen LogP contribution is 2.30. The molecule has 34 heavy (non-hydrogen) atoms. The number of para-hydroxylation sites is 2. The molecule has 0 saturated carbocycles. The topological polar surface area (TPSA) is 73.2 Å². The molecule has 0 saturated heterocycles. The Morgan fingerprint density at radius 3 is 2.38 bits per heavy atom. The van der Waals surface area contributed by atoms with Crippen LogP contribution in [0.5, 0.6) is 5.75 Å². The first-order chi connectivity index (χ1) is 16.4. The summed E-state index contributed by atoms with van der Waals surface area (Å²) in [4.78, 5) is 27.9. The number of nitrogens with zero attached hydrogens (tertiary/aromatic N) is 2. The summed E-state index contributed by atoms with van der Waals surface area (Å²) in [7, 11) is 0. The van der Waals surface area contributed by atoms with Gasteiger partial charge in [-0.1, -0.05) is 12.1 Å². The Bertz CT molecular complexity index is 1300. The maximum Gasteiger partial charge on any atom is 0.320 e. The maximum atomic E-state index is 13.7. The summed E-state index contributed by atoms with van der Waals surface area (Å²) in [6.07, 6.45) is 0.769. The number of Topliss-reactive ketones (excluding diaryl/α,β-unsaturated/α-hetero) is 1. The van der Waals surface area contributed by atoms with Crippen molar-refractivity contribution in [3.8, 4) is 17.1 Å². The molecule has 1 amide bonds. The van der Waals surface area contributed by atoms with Gasteiger partial charge < -0.3 is 10.1 Å². The van der Waals surface area contributed by atoms with Crippen LogP contribution in [0.2, 0.25) is 0 Å². The number of amides is 1. The molecule has 8 heteroatoms. The molecule has 0 radical (unpaired) electrons. The minimum atomic E-state index is -2.73. The van der Waals surface area contributed by atoms with E-state index in [2.05, 4.69) is 10.3 Å². The SMILES string of the molecule is CC(=O)c1ccc(OCCCC(=O)Nc2ccc(-c3nc4ccccc4n3C(F)F)cc2)cc1. The molecule has 1 aromatic heterocycles. The molecule has 174 valence electrons. The molecule has 4 rings (SSSR count). The number of hydrogen-bond donors (Lipinski definition) is 1. The van der Waals surface area contributed by atoms with Crippen molar-refractivity contribution in [3.05, 3.63) is 78.4 Å². The lowest BCUT2D eigenvalue weighted by Gasteiger charge is -2.10. The van der Waals surface area contributed by atoms with Gasteiger partial charge in [0.15, 0.2) is 5.78 Å². The third-order valence-electron chi connectivity index (χ3n) is 5.30. The second-order valence-corrected chi connectivity index (χ2v) is 7.73. The number of benzene rings is 3. The van der Waals surface area contributed by atoms with Gasteiger partial charge in [0.05, 0.1) is 17.6 Å². The standard InChI is InChI=1S/C26H23F2N3O3/c1-17(32)18-10-14-21(15-11-18)34-16-4-7-24(33)29-20-12-8-19(9-13-20)25-30-22-5-2-3-6-23(22)31(25)26(27)28/h2-3,5-6,8-15,26H,4,7,16H2,1H3,(H,29,33). The van der Waals surface area contributed by atoms with E-state index in [4.69, 9.17) is 4.74 Å². The highest BCUT2D eigenvalue weighted by molar-refractivity contribution is 5.94. The van der Waals surface area contributed by atoms with E-state index in [1.54, 1.807) is 72.8 Å². The van der Waals surface area contributed by atoms with Gasteiger partial charge in [0.1, 0.15) is 11.6 Å². The van der Waals surface area contributed by atoms with Gasteiger partial charge in [-0.25, -0.2) is 4.98 Å². The largest absolute Gasteiger partial charge is 0.494 e. The number of alkyl halides is 2. The third kappa shape index (κ3) is 5.28. The fourth-order valence-corrected chi connectivity index (χ4v) is 3.58. The Balaban J connectivity index is 1.31. The Morgan fingerprint density at radius 1 is 1.00 bits per heavy atom. The average molecular weight is 463 g/mol. The van der Waals surface area contributed by atoms with Crippen molar-refractivity contribution >= 4 is 28.4 Å². The van der Waals surface area contributed by atoms with Gasteiger partial charge in [-0.15, -0.1) is 0 Å². The molecule has 1 N–H and O–H groups in total. The maximum absolute atomic E-state index is 13.7. The van der Waals surface area contributed by atoms with Gasteiger partial charge in [-0.2, -0.15) is 8.78 Å². The number of carbonyl (C=O) groups excluding carboxylic acids is 2. The normalized spacial score (nSPS) is 11.1. The summed E-state index contributed by atoms with van der Waals surface area (Å²) >= 11 is 0. The van der Waals surface area contributed by atoms with Crippen molar-refractivity contribution in [2.24, 2.45) is 0 Å². The molecule has 0 aliphatic heterocycles. The van der Waals surface area contributed by atoms with Gasteiger partial charge in [0.25, 0.3) is 0 Å². The molecule has 0 aliphatic carbocycles. The van der Waals surface area contributed by atoms with E-state index >= 15 is 0 Å². The molecule has 0 atom stereocenters. The highest BCUT2D eigenvalue weighted by Gasteiger charge is 2.18. The first-order valence-corrected chi connectivity index (χ1v) is 10.8. The van der Waals surface area contributed by atoms with Gasteiger partial charge in [0.2, 0.25) is 5.91 Å². The lowest BCUT2D eigenvalue weighted by molar-refractivity contribution is -0.116. The molecule has 0 spiro atoms. The summed E-state index contributed by atoms with van der Waals surface area (Å²) in [5.74, 6) is 0.616. The van der Waals surface area contributed by atoms with Crippen molar-refractivity contribution < 1.29 is 23.1 Å². The second-order valence-electron chi connectivity index (χ2n) is 7.73. The minimum absolute atomic E-state index is 0.0103. The first-order valence-electron chi connectivity index (χ1n) is 10.8. The lowest BCUT2D eigenvalue weighted by atomic mass is 10.1. The number of hydrogen-bond acceptors (Lipinski definition) is 4. The van der Waals surface area contributed by atoms with Crippen LogP contribution in [0.15, 0.2) is 72.8 Å². The predicted molar refractivity (Wildman–Crippen MR) is 126 cm³/mol. The van der Waals surface area contributed by atoms with Crippen LogP contribution < -0.4 is 10.1 Å². The number of ether oxygens (including phenoxy) is 1. The summed E-state index contributed by atoms with van der Waals surface area (Å²) < 4.78 is 33.9. The number of aromatic nitrogens is 2. The van der Waals surface area contributed by atoms with Gasteiger partial charge >= 0.3 is 6.55 Å². The summed E-state index contributed by atoms with van der Waals surface area (Å²) in [6, 6.07) is 20.2. The van der Waals surface area contributed by atoms with Crippen molar-refractivity contribution in [1.82, 2.24) is 9.55 Å². The monoisotopic (exact) mass is 463 g/mol. The number of halogens is 2. The molecule has 1 heterocycles. The van der Waals surface area contributed by atoms with E-state index in [1.807, 2.05) is 0 Å². The van der Waals surface area contributed by atoms with Crippen molar-refractivity contribution in [2.75, 3.05) is 11.9 Å². The predicted octanol–water partition coefficient (Wildman–Crippen LogP) is 6.10. The van der Waals surface area contributed by atoms with E-state index in [0.717, 1.165) is 4.57 Å². The molecule has 4 aromatic rings. The van der Waals surface area contributed by atoms with Crippen LogP contribution in [-0.2, 0) is 4.79 Å². The lowest BCUT2D eigenvalue weighted by Crippen LogP contribution is -2.12. The Labute approximate surface area is 195 Å². The number of nitrogens with one attached hydrogen (secondary N) is 1. The highest BCUT2D eigenvalue weighted by atomic mass is 19.3. The zero-order valence-corrected chi connectivity index (χ0v) is 18.5. The van der Waals surface area contributed by atoms with Crippen LogP contribution >= 0.6 is 0 Å². The van der Waals surface area contributed by atoms with Gasteiger partial charge in [-0.05, 0) is 74.0 Å².